The first-order valence-corrected chi connectivity index (χ1v) is 11.5. The Kier molecular flexibility index (Phi) is 6.65. The first kappa shape index (κ1) is 24.1. The minimum absolute atomic E-state index is 0.0324. The summed E-state index contributed by atoms with van der Waals surface area (Å²) < 4.78 is 11.0. The van der Waals surface area contributed by atoms with E-state index in [1.54, 1.807) is 43.5 Å². The molecule has 35 heavy (non-hydrogen) atoms. The van der Waals surface area contributed by atoms with Crippen LogP contribution in [-0.4, -0.2) is 30.5 Å². The van der Waals surface area contributed by atoms with Crippen LogP contribution in [0.4, 0.5) is 5.69 Å². The van der Waals surface area contributed by atoms with E-state index in [0.29, 0.717) is 34.9 Å². The van der Waals surface area contributed by atoms with Gasteiger partial charge >= 0.3 is 0 Å². The van der Waals surface area contributed by atoms with Gasteiger partial charge in [0, 0.05) is 11.3 Å². The van der Waals surface area contributed by atoms with Gasteiger partial charge in [0.05, 0.1) is 25.3 Å². The number of carbonyl (C=O) groups is 2. The van der Waals surface area contributed by atoms with Crippen LogP contribution < -0.4 is 14.4 Å². The number of aryl methyl sites for hydroxylation is 3. The lowest BCUT2D eigenvalue weighted by Gasteiger charge is -2.26. The fourth-order valence-electron chi connectivity index (χ4n) is 4.37. The van der Waals surface area contributed by atoms with Crippen LogP contribution >= 0.6 is 0 Å². The molecule has 6 nitrogen and oxygen atoms in total. The summed E-state index contributed by atoms with van der Waals surface area (Å²) in [6.45, 7) is 8.23. The van der Waals surface area contributed by atoms with Crippen molar-refractivity contribution in [2.45, 2.75) is 33.7 Å². The quantitative estimate of drug-likeness (QED) is 0.286. The monoisotopic (exact) mass is 471 g/mol. The van der Waals surface area contributed by atoms with Crippen LogP contribution in [0.25, 0.3) is 5.76 Å². The summed E-state index contributed by atoms with van der Waals surface area (Å²) in [5, 5.41) is 11.4. The predicted molar refractivity (Wildman–Crippen MR) is 136 cm³/mol. The molecule has 1 N–H and O–H groups in total. The molecule has 0 saturated carbocycles. The van der Waals surface area contributed by atoms with Gasteiger partial charge in [-0.05, 0) is 92.4 Å². The molecule has 1 atom stereocenters. The maximum Gasteiger partial charge on any atom is 0.300 e. The molecule has 0 aromatic heterocycles. The number of amides is 1. The molecule has 0 aliphatic carbocycles. The molecule has 1 unspecified atom stereocenters. The molecule has 0 radical (unpaired) electrons. The van der Waals surface area contributed by atoms with Gasteiger partial charge in [0.2, 0.25) is 0 Å². The Hall–Kier alpha value is -4.06. The average molecular weight is 472 g/mol. The molecule has 1 heterocycles. The predicted octanol–water partition coefficient (Wildman–Crippen LogP) is 5.65. The van der Waals surface area contributed by atoms with E-state index in [4.69, 9.17) is 9.47 Å². The summed E-state index contributed by atoms with van der Waals surface area (Å²) in [5.74, 6) is -0.368. The lowest BCUT2D eigenvalue weighted by atomic mass is 9.94. The van der Waals surface area contributed by atoms with Crippen LogP contribution in [0.3, 0.4) is 0 Å². The highest BCUT2D eigenvalue weighted by molar-refractivity contribution is 6.51. The van der Waals surface area contributed by atoms with Gasteiger partial charge < -0.3 is 14.6 Å². The van der Waals surface area contributed by atoms with E-state index < -0.39 is 17.7 Å². The number of nitrogens with zero attached hydrogens (tertiary/aromatic N) is 1. The molecule has 1 fully saturated rings. The zero-order valence-corrected chi connectivity index (χ0v) is 20.6. The number of ether oxygens (including phenoxy) is 2. The van der Waals surface area contributed by atoms with Gasteiger partial charge in [-0.1, -0.05) is 18.2 Å². The zero-order chi connectivity index (χ0) is 25.3. The maximum atomic E-state index is 13.4. The number of carbonyl (C=O) groups excluding carboxylic acids is 2. The smallest absolute Gasteiger partial charge is 0.300 e. The normalized spacial score (nSPS) is 17.1. The number of aliphatic hydroxyl groups is 1. The molecule has 4 rings (SSSR count). The number of benzene rings is 3. The Morgan fingerprint density at radius 3 is 2.37 bits per heavy atom. The average Bonchev–Trinajstić information content (AvgIpc) is 3.12. The number of anilines is 1. The summed E-state index contributed by atoms with van der Waals surface area (Å²) in [4.78, 5) is 28.2. The fraction of sp³-hybridized carbons (Fsp3) is 0.241. The SMILES string of the molecule is CCOc1ccc(/C(O)=C2\C(=O)C(=O)N(c3ccc(C)c(C)c3)C2c2cccc(OC)c2)cc1C. The van der Waals surface area contributed by atoms with Crippen molar-refractivity contribution >= 4 is 23.1 Å². The minimum atomic E-state index is -0.820. The Bertz CT molecular complexity index is 1340. The van der Waals surface area contributed by atoms with Gasteiger partial charge in [-0.15, -0.1) is 0 Å². The zero-order valence-electron chi connectivity index (χ0n) is 20.6. The molecule has 3 aromatic carbocycles. The minimum Gasteiger partial charge on any atom is -0.507 e. The second kappa shape index (κ2) is 9.66. The molecular formula is C29H29NO5. The van der Waals surface area contributed by atoms with Crippen LogP contribution in [-0.2, 0) is 9.59 Å². The lowest BCUT2D eigenvalue weighted by Crippen LogP contribution is -2.29. The van der Waals surface area contributed by atoms with Crippen molar-refractivity contribution in [3.05, 3.63) is 94.1 Å². The standard InChI is InChI=1S/C29H29NO5/c1-6-35-24-13-11-21(14-19(24)4)27(31)25-26(20-8-7-9-23(16-20)34-5)30(29(33)28(25)32)22-12-10-17(2)18(3)15-22/h7-16,26,31H,6H2,1-5H3/b27-25+. The summed E-state index contributed by atoms with van der Waals surface area (Å²) >= 11 is 0. The number of hydrogen-bond donors (Lipinski definition) is 1. The van der Waals surface area contributed by atoms with Crippen LogP contribution in [0.15, 0.2) is 66.2 Å². The van der Waals surface area contributed by atoms with Gasteiger partial charge in [-0.2, -0.15) is 0 Å². The highest BCUT2D eigenvalue weighted by Crippen LogP contribution is 2.43. The fourth-order valence-corrected chi connectivity index (χ4v) is 4.37. The number of methoxy groups -OCH3 is 1. The van der Waals surface area contributed by atoms with Crippen molar-refractivity contribution in [3.8, 4) is 11.5 Å². The molecule has 1 aliphatic heterocycles. The Labute approximate surface area is 205 Å². The molecule has 1 amide bonds. The van der Waals surface area contributed by atoms with E-state index in [1.807, 2.05) is 52.0 Å². The third-order valence-corrected chi connectivity index (χ3v) is 6.37. The van der Waals surface area contributed by atoms with Gasteiger partial charge in [-0.25, -0.2) is 0 Å². The molecule has 6 heteroatoms. The van der Waals surface area contributed by atoms with E-state index >= 15 is 0 Å². The molecule has 0 spiro atoms. The molecule has 180 valence electrons. The van der Waals surface area contributed by atoms with Gasteiger partial charge in [-0.3, -0.25) is 14.5 Å². The lowest BCUT2D eigenvalue weighted by molar-refractivity contribution is -0.132. The molecule has 3 aromatic rings. The van der Waals surface area contributed by atoms with Crippen molar-refractivity contribution in [1.29, 1.82) is 0 Å². The summed E-state index contributed by atoms with van der Waals surface area (Å²) in [6, 6.07) is 17.2. The van der Waals surface area contributed by atoms with E-state index in [2.05, 4.69) is 0 Å². The Morgan fingerprint density at radius 1 is 0.943 bits per heavy atom. The first-order chi connectivity index (χ1) is 16.8. The summed E-state index contributed by atoms with van der Waals surface area (Å²) in [7, 11) is 1.56. The van der Waals surface area contributed by atoms with Crippen molar-refractivity contribution in [1.82, 2.24) is 0 Å². The van der Waals surface area contributed by atoms with Crippen molar-refractivity contribution in [2.24, 2.45) is 0 Å². The second-order valence-electron chi connectivity index (χ2n) is 8.63. The third kappa shape index (κ3) is 4.39. The summed E-state index contributed by atoms with van der Waals surface area (Å²) in [6.07, 6.45) is 0. The first-order valence-electron chi connectivity index (χ1n) is 11.5. The van der Waals surface area contributed by atoms with Gasteiger partial charge in [0.1, 0.15) is 17.3 Å². The summed E-state index contributed by atoms with van der Waals surface area (Å²) in [5.41, 5.74) is 4.61. The second-order valence-corrected chi connectivity index (χ2v) is 8.63. The van der Waals surface area contributed by atoms with E-state index in [-0.39, 0.29) is 11.3 Å². The number of aliphatic hydroxyl groups excluding tert-OH is 1. The highest BCUT2D eigenvalue weighted by Gasteiger charge is 2.47. The van der Waals surface area contributed by atoms with Crippen LogP contribution in [0.5, 0.6) is 11.5 Å². The molecule has 1 saturated heterocycles. The van der Waals surface area contributed by atoms with Gasteiger partial charge in [0.25, 0.3) is 11.7 Å². The molecule has 0 bridgehead atoms. The number of Topliss-reactive ketones (excluding diaryl/α,β-unsaturated/α-hetero) is 1. The number of ketones is 1. The molecule has 1 aliphatic rings. The van der Waals surface area contributed by atoms with E-state index in [1.165, 1.54) is 4.90 Å². The number of rotatable bonds is 6. The number of hydrogen-bond acceptors (Lipinski definition) is 5. The van der Waals surface area contributed by atoms with Crippen LogP contribution in [0.2, 0.25) is 0 Å². The van der Waals surface area contributed by atoms with Crippen LogP contribution in [0, 0.1) is 20.8 Å². The molecular weight excluding hydrogens is 442 g/mol. The van der Waals surface area contributed by atoms with Crippen molar-refractivity contribution < 1.29 is 24.2 Å². The third-order valence-electron chi connectivity index (χ3n) is 6.37. The maximum absolute atomic E-state index is 13.4. The van der Waals surface area contributed by atoms with Gasteiger partial charge in [0.15, 0.2) is 0 Å². The van der Waals surface area contributed by atoms with Crippen molar-refractivity contribution in [3.63, 3.8) is 0 Å². The van der Waals surface area contributed by atoms with Crippen molar-refractivity contribution in [2.75, 3.05) is 18.6 Å². The van der Waals surface area contributed by atoms with E-state index in [9.17, 15) is 14.7 Å². The highest BCUT2D eigenvalue weighted by atomic mass is 16.5. The Morgan fingerprint density at radius 2 is 1.71 bits per heavy atom. The largest absolute Gasteiger partial charge is 0.507 e. The topological polar surface area (TPSA) is 76.1 Å². The Balaban J connectivity index is 1.93. The van der Waals surface area contributed by atoms with E-state index in [0.717, 1.165) is 16.7 Å². The van der Waals surface area contributed by atoms with Crippen LogP contribution in [0.1, 0.15) is 40.8 Å².